The van der Waals surface area contributed by atoms with Crippen LogP contribution in [0.25, 0.3) is 0 Å². The highest BCUT2D eigenvalue weighted by Gasteiger charge is 2.23. The summed E-state index contributed by atoms with van der Waals surface area (Å²) in [6.45, 7) is 4.18. The fourth-order valence-corrected chi connectivity index (χ4v) is 2.71. The van der Waals surface area contributed by atoms with Gasteiger partial charge in [-0.2, -0.15) is 0 Å². The Morgan fingerprint density at radius 3 is 2.76 bits per heavy atom. The van der Waals surface area contributed by atoms with E-state index in [1.165, 1.54) is 0 Å². The van der Waals surface area contributed by atoms with Gasteiger partial charge in [-0.15, -0.1) is 0 Å². The maximum absolute atomic E-state index is 11.9. The van der Waals surface area contributed by atoms with E-state index in [-0.39, 0.29) is 24.5 Å². The second kappa shape index (κ2) is 7.46. The molecular formula is C17H25NO3. The van der Waals surface area contributed by atoms with Crippen LogP contribution in [0, 0.1) is 5.92 Å². The molecule has 1 aliphatic rings. The molecule has 1 aliphatic carbocycles. The lowest BCUT2D eigenvalue weighted by Gasteiger charge is -2.16. The van der Waals surface area contributed by atoms with Crippen LogP contribution in [0.1, 0.15) is 51.2 Å². The maximum atomic E-state index is 11.9. The van der Waals surface area contributed by atoms with E-state index in [9.17, 15) is 9.90 Å². The van der Waals surface area contributed by atoms with Crippen molar-refractivity contribution in [2.45, 2.75) is 51.7 Å². The van der Waals surface area contributed by atoms with Crippen LogP contribution in [0.3, 0.4) is 0 Å². The van der Waals surface area contributed by atoms with Crippen LogP contribution in [-0.4, -0.2) is 23.7 Å². The first-order valence-corrected chi connectivity index (χ1v) is 7.78. The Morgan fingerprint density at radius 1 is 1.38 bits per heavy atom. The van der Waals surface area contributed by atoms with E-state index in [2.05, 4.69) is 5.32 Å². The first-order valence-electron chi connectivity index (χ1n) is 7.78. The number of ether oxygens (including phenoxy) is 1. The number of amides is 1. The number of nitrogens with one attached hydrogen (secondary N) is 1. The Bertz CT molecular complexity index is 467. The molecule has 0 aromatic heterocycles. The monoisotopic (exact) mass is 291 g/mol. The Balaban J connectivity index is 1.87. The Hall–Kier alpha value is -1.55. The summed E-state index contributed by atoms with van der Waals surface area (Å²) in [5, 5.41) is 13.1. The third-order valence-corrected chi connectivity index (χ3v) is 3.81. The van der Waals surface area contributed by atoms with Gasteiger partial charge in [0.05, 0.1) is 12.2 Å². The molecule has 1 aromatic rings. The molecule has 1 saturated carbocycles. The Morgan fingerprint density at radius 2 is 2.10 bits per heavy atom. The molecule has 4 heteroatoms. The van der Waals surface area contributed by atoms with Crippen molar-refractivity contribution in [2.75, 3.05) is 6.54 Å². The standard InChI is InChI=1S/C17H25NO3/c1-12(2)21-15-9-5-8-14(10-15)16(19)11-18-17(20)13-6-3-4-7-13/h5,8-10,12-13,16,19H,3-4,6-7,11H2,1-2H3,(H,18,20). The zero-order valence-electron chi connectivity index (χ0n) is 12.8. The van der Waals surface area contributed by atoms with Crippen LogP contribution in [0.2, 0.25) is 0 Å². The summed E-state index contributed by atoms with van der Waals surface area (Å²) < 4.78 is 5.61. The van der Waals surface area contributed by atoms with Crippen LogP contribution in [0.5, 0.6) is 5.75 Å². The van der Waals surface area contributed by atoms with Crippen molar-refractivity contribution in [3.8, 4) is 5.75 Å². The van der Waals surface area contributed by atoms with Gasteiger partial charge in [0.2, 0.25) is 5.91 Å². The second-order valence-electron chi connectivity index (χ2n) is 5.98. The summed E-state index contributed by atoms with van der Waals surface area (Å²) in [5.74, 6) is 0.942. The Kier molecular flexibility index (Phi) is 5.62. The van der Waals surface area contributed by atoms with Crippen LogP contribution < -0.4 is 10.1 Å². The van der Waals surface area contributed by atoms with Gasteiger partial charge >= 0.3 is 0 Å². The van der Waals surface area contributed by atoms with E-state index in [1.807, 2.05) is 38.1 Å². The summed E-state index contributed by atoms with van der Waals surface area (Å²) in [5.41, 5.74) is 0.764. The third-order valence-electron chi connectivity index (χ3n) is 3.81. The van der Waals surface area contributed by atoms with Crippen molar-refractivity contribution in [1.29, 1.82) is 0 Å². The number of rotatable bonds is 6. The molecule has 0 radical (unpaired) electrons. The van der Waals surface area contributed by atoms with Gasteiger partial charge in [-0.25, -0.2) is 0 Å². The van der Waals surface area contributed by atoms with Gasteiger partial charge in [-0.3, -0.25) is 4.79 Å². The molecule has 0 heterocycles. The number of aliphatic hydroxyl groups excluding tert-OH is 1. The van der Waals surface area contributed by atoms with Crippen molar-refractivity contribution >= 4 is 5.91 Å². The highest BCUT2D eigenvalue weighted by atomic mass is 16.5. The molecular weight excluding hydrogens is 266 g/mol. The van der Waals surface area contributed by atoms with Crippen molar-refractivity contribution in [2.24, 2.45) is 5.92 Å². The molecule has 4 nitrogen and oxygen atoms in total. The van der Waals surface area contributed by atoms with Gasteiger partial charge < -0.3 is 15.2 Å². The van der Waals surface area contributed by atoms with E-state index < -0.39 is 6.10 Å². The molecule has 0 bridgehead atoms. The van der Waals surface area contributed by atoms with Crippen LogP contribution in [-0.2, 0) is 4.79 Å². The molecule has 116 valence electrons. The van der Waals surface area contributed by atoms with E-state index >= 15 is 0 Å². The largest absolute Gasteiger partial charge is 0.491 e. The molecule has 1 atom stereocenters. The minimum Gasteiger partial charge on any atom is -0.491 e. The number of carbonyl (C=O) groups is 1. The average Bonchev–Trinajstić information content (AvgIpc) is 2.98. The third kappa shape index (κ3) is 4.74. The van der Waals surface area contributed by atoms with E-state index in [0.717, 1.165) is 37.0 Å². The highest BCUT2D eigenvalue weighted by molar-refractivity contribution is 5.78. The normalized spacial score (nSPS) is 17.0. The predicted octanol–water partition coefficient (Wildman–Crippen LogP) is 2.81. The molecule has 0 aliphatic heterocycles. The smallest absolute Gasteiger partial charge is 0.223 e. The SMILES string of the molecule is CC(C)Oc1cccc(C(O)CNC(=O)C2CCCC2)c1. The molecule has 2 rings (SSSR count). The second-order valence-corrected chi connectivity index (χ2v) is 5.98. The van der Waals surface area contributed by atoms with Crippen LogP contribution >= 0.6 is 0 Å². The fourth-order valence-electron chi connectivity index (χ4n) is 2.71. The van der Waals surface area contributed by atoms with Gasteiger partial charge in [0.1, 0.15) is 5.75 Å². The average molecular weight is 291 g/mol. The molecule has 21 heavy (non-hydrogen) atoms. The van der Waals surface area contributed by atoms with Gasteiger partial charge in [-0.1, -0.05) is 25.0 Å². The lowest BCUT2D eigenvalue weighted by atomic mass is 10.1. The lowest BCUT2D eigenvalue weighted by molar-refractivity contribution is -0.125. The van der Waals surface area contributed by atoms with Gasteiger partial charge in [0.25, 0.3) is 0 Å². The molecule has 2 N–H and O–H groups in total. The summed E-state index contributed by atoms with van der Waals surface area (Å²) in [6.07, 6.45) is 3.61. The molecule has 1 aromatic carbocycles. The topological polar surface area (TPSA) is 58.6 Å². The minimum atomic E-state index is -0.703. The van der Waals surface area contributed by atoms with Crippen LogP contribution in [0.4, 0.5) is 0 Å². The zero-order chi connectivity index (χ0) is 15.2. The molecule has 1 amide bonds. The number of hydrogen-bond acceptors (Lipinski definition) is 3. The molecule has 0 spiro atoms. The molecule has 0 saturated heterocycles. The number of hydrogen-bond donors (Lipinski definition) is 2. The van der Waals surface area contributed by atoms with Crippen molar-refractivity contribution < 1.29 is 14.6 Å². The van der Waals surface area contributed by atoms with Crippen molar-refractivity contribution in [3.63, 3.8) is 0 Å². The highest BCUT2D eigenvalue weighted by Crippen LogP contribution is 2.25. The summed E-state index contributed by atoms with van der Waals surface area (Å²) in [7, 11) is 0. The quantitative estimate of drug-likeness (QED) is 0.847. The number of benzene rings is 1. The van der Waals surface area contributed by atoms with E-state index in [4.69, 9.17) is 4.74 Å². The number of aliphatic hydroxyl groups is 1. The van der Waals surface area contributed by atoms with Crippen molar-refractivity contribution in [1.82, 2.24) is 5.32 Å². The van der Waals surface area contributed by atoms with Gasteiger partial charge in [0, 0.05) is 12.5 Å². The van der Waals surface area contributed by atoms with E-state index in [1.54, 1.807) is 0 Å². The van der Waals surface area contributed by atoms with Gasteiger partial charge in [-0.05, 0) is 44.4 Å². The lowest BCUT2D eigenvalue weighted by Crippen LogP contribution is -2.32. The number of carbonyl (C=O) groups excluding carboxylic acids is 1. The fraction of sp³-hybridized carbons (Fsp3) is 0.588. The molecule has 1 fully saturated rings. The van der Waals surface area contributed by atoms with Crippen LogP contribution in [0.15, 0.2) is 24.3 Å². The first kappa shape index (κ1) is 15.8. The summed E-state index contributed by atoms with van der Waals surface area (Å²) in [6, 6.07) is 7.40. The zero-order valence-corrected chi connectivity index (χ0v) is 12.8. The molecule has 1 unspecified atom stereocenters. The first-order chi connectivity index (χ1) is 10.1. The summed E-state index contributed by atoms with van der Waals surface area (Å²) in [4.78, 5) is 11.9. The minimum absolute atomic E-state index is 0.0705. The maximum Gasteiger partial charge on any atom is 0.223 e. The van der Waals surface area contributed by atoms with E-state index in [0.29, 0.717) is 0 Å². The van der Waals surface area contributed by atoms with Gasteiger partial charge in [0.15, 0.2) is 0 Å². The Labute approximate surface area is 126 Å². The summed E-state index contributed by atoms with van der Waals surface area (Å²) >= 11 is 0. The van der Waals surface area contributed by atoms with Crippen molar-refractivity contribution in [3.05, 3.63) is 29.8 Å². The predicted molar refractivity (Wildman–Crippen MR) is 82.1 cm³/mol.